The van der Waals surface area contributed by atoms with Gasteiger partial charge < -0.3 is 10.2 Å². The first-order chi connectivity index (χ1) is 15.5. The largest absolute Gasteiger partial charge is 0.478 e. The Bertz CT molecular complexity index is 1220. The van der Waals surface area contributed by atoms with Crippen LogP contribution in [-0.4, -0.2) is 40.5 Å². The summed E-state index contributed by atoms with van der Waals surface area (Å²) < 4.78 is 0. The second kappa shape index (κ2) is 10.3. The van der Waals surface area contributed by atoms with Crippen LogP contribution in [0.2, 0.25) is 0 Å². The SMILES string of the molecule is O=C(NN=Cc1ccccc1C(=O)O)c1cccc(NN=Cc2ccccc2C(=O)O)c1. The van der Waals surface area contributed by atoms with Crippen LogP contribution in [0.25, 0.3) is 0 Å². The molecule has 0 saturated heterocycles. The van der Waals surface area contributed by atoms with Crippen molar-refractivity contribution in [2.24, 2.45) is 10.2 Å². The number of anilines is 1. The summed E-state index contributed by atoms with van der Waals surface area (Å²) in [6.07, 6.45) is 2.63. The Kier molecular flexibility index (Phi) is 7.05. The van der Waals surface area contributed by atoms with E-state index in [0.29, 0.717) is 22.4 Å². The van der Waals surface area contributed by atoms with Gasteiger partial charge in [-0.3, -0.25) is 10.2 Å². The highest BCUT2D eigenvalue weighted by atomic mass is 16.4. The molecule has 0 spiro atoms. The molecule has 3 aromatic carbocycles. The third-order valence-electron chi connectivity index (χ3n) is 4.27. The zero-order valence-corrected chi connectivity index (χ0v) is 16.6. The molecule has 0 fully saturated rings. The van der Waals surface area contributed by atoms with Gasteiger partial charge in [-0.1, -0.05) is 42.5 Å². The first-order valence-electron chi connectivity index (χ1n) is 9.33. The number of nitrogens with zero attached hydrogens (tertiary/aromatic N) is 2. The van der Waals surface area contributed by atoms with Gasteiger partial charge in [0.05, 0.1) is 29.2 Å². The monoisotopic (exact) mass is 430 g/mol. The highest BCUT2D eigenvalue weighted by Crippen LogP contribution is 2.12. The molecule has 0 atom stereocenters. The van der Waals surface area contributed by atoms with Crippen molar-refractivity contribution in [2.75, 3.05) is 5.43 Å². The molecule has 32 heavy (non-hydrogen) atoms. The Labute approximate surface area is 182 Å². The lowest BCUT2D eigenvalue weighted by atomic mass is 10.1. The van der Waals surface area contributed by atoms with Crippen molar-refractivity contribution in [1.82, 2.24) is 5.43 Å². The van der Waals surface area contributed by atoms with Crippen molar-refractivity contribution < 1.29 is 24.6 Å². The fourth-order valence-corrected chi connectivity index (χ4v) is 2.74. The third-order valence-corrected chi connectivity index (χ3v) is 4.27. The number of hydrogen-bond acceptors (Lipinski definition) is 6. The van der Waals surface area contributed by atoms with E-state index in [0.717, 1.165) is 0 Å². The Balaban J connectivity index is 1.65. The molecule has 0 radical (unpaired) electrons. The van der Waals surface area contributed by atoms with Gasteiger partial charge in [0.25, 0.3) is 5.91 Å². The van der Waals surface area contributed by atoms with Gasteiger partial charge in [0.1, 0.15) is 0 Å². The van der Waals surface area contributed by atoms with E-state index in [-0.39, 0.29) is 11.1 Å². The summed E-state index contributed by atoms with van der Waals surface area (Å²) in [4.78, 5) is 34.8. The molecule has 9 heteroatoms. The fourth-order valence-electron chi connectivity index (χ4n) is 2.74. The number of carbonyl (C=O) groups excluding carboxylic acids is 1. The summed E-state index contributed by atoms with van der Waals surface area (Å²) in [5, 5.41) is 26.2. The number of benzene rings is 3. The number of amides is 1. The maximum absolute atomic E-state index is 12.3. The van der Waals surface area contributed by atoms with E-state index in [1.165, 1.54) is 30.6 Å². The molecule has 0 bridgehead atoms. The Morgan fingerprint density at radius 2 is 1.28 bits per heavy atom. The van der Waals surface area contributed by atoms with Gasteiger partial charge in [0.15, 0.2) is 0 Å². The van der Waals surface area contributed by atoms with Gasteiger partial charge in [-0.05, 0) is 30.3 Å². The summed E-state index contributed by atoms with van der Waals surface area (Å²) in [5.41, 5.74) is 6.86. The minimum Gasteiger partial charge on any atom is -0.478 e. The predicted molar refractivity (Wildman–Crippen MR) is 120 cm³/mol. The van der Waals surface area contributed by atoms with Crippen molar-refractivity contribution >= 4 is 36.0 Å². The lowest BCUT2D eigenvalue weighted by molar-refractivity contribution is 0.0686. The third kappa shape index (κ3) is 5.63. The minimum absolute atomic E-state index is 0.0685. The second-order valence-corrected chi connectivity index (χ2v) is 6.43. The quantitative estimate of drug-likeness (QED) is 0.319. The maximum atomic E-state index is 12.3. The van der Waals surface area contributed by atoms with Crippen LogP contribution in [0, 0.1) is 0 Å². The lowest BCUT2D eigenvalue weighted by Crippen LogP contribution is -2.18. The Hall–Kier alpha value is -4.79. The summed E-state index contributed by atoms with van der Waals surface area (Å²) in [7, 11) is 0. The van der Waals surface area contributed by atoms with E-state index in [1.54, 1.807) is 54.6 Å². The highest BCUT2D eigenvalue weighted by Gasteiger charge is 2.09. The molecule has 0 aliphatic heterocycles. The average molecular weight is 430 g/mol. The Morgan fingerprint density at radius 1 is 0.719 bits per heavy atom. The second-order valence-electron chi connectivity index (χ2n) is 6.43. The lowest BCUT2D eigenvalue weighted by Gasteiger charge is -2.05. The number of nitrogens with one attached hydrogen (secondary N) is 2. The number of carboxylic acid groups (broad SMARTS) is 2. The maximum Gasteiger partial charge on any atom is 0.336 e. The number of hydrazone groups is 2. The van der Waals surface area contributed by atoms with Gasteiger partial charge in [-0.2, -0.15) is 10.2 Å². The zero-order valence-electron chi connectivity index (χ0n) is 16.6. The van der Waals surface area contributed by atoms with E-state index in [1.807, 2.05) is 0 Å². The molecule has 9 nitrogen and oxygen atoms in total. The van der Waals surface area contributed by atoms with Crippen LogP contribution >= 0.6 is 0 Å². The van der Waals surface area contributed by atoms with E-state index in [2.05, 4.69) is 21.1 Å². The van der Waals surface area contributed by atoms with Crippen LogP contribution in [0.15, 0.2) is 83.0 Å². The summed E-state index contributed by atoms with van der Waals surface area (Å²) in [6.45, 7) is 0. The molecule has 4 N–H and O–H groups in total. The number of carboxylic acids is 2. The summed E-state index contributed by atoms with van der Waals surface area (Å²) in [6, 6.07) is 19.1. The fraction of sp³-hybridized carbons (Fsp3) is 0. The molecule has 0 saturated carbocycles. The smallest absolute Gasteiger partial charge is 0.336 e. The van der Waals surface area contributed by atoms with Gasteiger partial charge >= 0.3 is 11.9 Å². The molecular weight excluding hydrogens is 412 g/mol. The molecule has 160 valence electrons. The topological polar surface area (TPSA) is 140 Å². The van der Waals surface area contributed by atoms with Gasteiger partial charge in [-0.25, -0.2) is 15.0 Å². The average Bonchev–Trinajstić information content (AvgIpc) is 2.79. The number of carbonyl (C=O) groups is 3. The zero-order chi connectivity index (χ0) is 22.9. The number of hydrogen-bond donors (Lipinski definition) is 4. The summed E-state index contributed by atoms with van der Waals surface area (Å²) in [5.74, 6) is -2.65. The van der Waals surface area contributed by atoms with E-state index < -0.39 is 17.8 Å². The van der Waals surface area contributed by atoms with E-state index >= 15 is 0 Å². The number of rotatable bonds is 8. The van der Waals surface area contributed by atoms with Crippen molar-refractivity contribution in [2.45, 2.75) is 0 Å². The van der Waals surface area contributed by atoms with Crippen LogP contribution in [0.3, 0.4) is 0 Å². The minimum atomic E-state index is -1.09. The van der Waals surface area contributed by atoms with Gasteiger partial charge in [0, 0.05) is 16.7 Å². The molecule has 0 aliphatic carbocycles. The van der Waals surface area contributed by atoms with E-state index in [9.17, 15) is 24.6 Å². The van der Waals surface area contributed by atoms with Crippen LogP contribution < -0.4 is 10.9 Å². The predicted octanol–water partition coefficient (Wildman–Crippen LogP) is 3.29. The normalized spacial score (nSPS) is 10.9. The van der Waals surface area contributed by atoms with Gasteiger partial charge in [-0.15, -0.1) is 0 Å². The van der Waals surface area contributed by atoms with Crippen LogP contribution in [0.4, 0.5) is 5.69 Å². The van der Waals surface area contributed by atoms with Gasteiger partial charge in [0.2, 0.25) is 0 Å². The van der Waals surface area contributed by atoms with Crippen molar-refractivity contribution in [3.63, 3.8) is 0 Å². The molecule has 0 aromatic heterocycles. The van der Waals surface area contributed by atoms with Crippen LogP contribution in [-0.2, 0) is 0 Å². The summed E-state index contributed by atoms with van der Waals surface area (Å²) >= 11 is 0. The standard InChI is InChI=1S/C23H18N4O5/c28-21(27-25-14-17-7-2-4-11-20(17)23(31)32)15-8-5-9-18(12-15)26-24-13-16-6-1-3-10-19(16)22(29)30/h1-14,26H,(H,27,28)(H,29,30)(H,31,32). The molecule has 3 aromatic rings. The van der Waals surface area contributed by atoms with Crippen molar-refractivity contribution in [3.8, 4) is 0 Å². The van der Waals surface area contributed by atoms with E-state index in [4.69, 9.17) is 0 Å². The molecule has 1 amide bonds. The first-order valence-corrected chi connectivity index (χ1v) is 9.33. The first kappa shape index (κ1) is 21.9. The molecule has 0 unspecified atom stereocenters. The Morgan fingerprint density at radius 3 is 1.88 bits per heavy atom. The molecule has 0 heterocycles. The van der Waals surface area contributed by atoms with Crippen LogP contribution in [0.1, 0.15) is 42.2 Å². The van der Waals surface area contributed by atoms with Crippen molar-refractivity contribution in [3.05, 3.63) is 101 Å². The number of aromatic carboxylic acids is 2. The molecule has 3 rings (SSSR count). The highest BCUT2D eigenvalue weighted by molar-refractivity contribution is 6.00. The molecular formula is C23H18N4O5. The van der Waals surface area contributed by atoms with Crippen LogP contribution in [0.5, 0.6) is 0 Å². The van der Waals surface area contributed by atoms with Crippen molar-refractivity contribution in [1.29, 1.82) is 0 Å². The molecule has 0 aliphatic rings.